The molecule has 0 N–H and O–H groups in total. The molecular formula is C104H92Ir4N6-6. The number of hydrogen-bond acceptors (Lipinski definition) is 6. The van der Waals surface area contributed by atoms with Crippen molar-refractivity contribution in [3.05, 3.63) is 423 Å². The van der Waals surface area contributed by atoms with Gasteiger partial charge in [0, 0.05) is 118 Å². The summed E-state index contributed by atoms with van der Waals surface area (Å²) >= 11 is 0. The van der Waals surface area contributed by atoms with Crippen LogP contribution in [0, 0.1) is 48.2 Å². The van der Waals surface area contributed by atoms with E-state index in [2.05, 4.69) is 310 Å². The first kappa shape index (κ1) is 90.9. The molecule has 0 fully saturated rings. The maximum atomic E-state index is 4.52. The molecule has 6 aromatic heterocycles. The monoisotopic (exact) mass is 2200 g/mol. The van der Waals surface area contributed by atoms with Gasteiger partial charge in [0.25, 0.3) is 0 Å². The third-order valence-electron chi connectivity index (χ3n) is 17.9. The predicted octanol–water partition coefficient (Wildman–Crippen LogP) is 26.6. The minimum atomic E-state index is 0. The first-order chi connectivity index (χ1) is 53.8. The molecule has 6 heterocycles. The van der Waals surface area contributed by atoms with Crippen molar-refractivity contribution in [2.24, 2.45) is 11.8 Å². The topological polar surface area (TPSA) is 77.3 Å². The largest absolute Gasteiger partial charge is 0.305 e. The Balaban J connectivity index is 0.000000191. The van der Waals surface area contributed by atoms with Crippen molar-refractivity contribution in [2.75, 3.05) is 0 Å². The second kappa shape index (κ2) is 48.7. The maximum absolute atomic E-state index is 4.52. The maximum Gasteiger partial charge on any atom is 0.0166 e. The van der Waals surface area contributed by atoms with E-state index in [9.17, 15) is 0 Å². The number of pyridine rings is 6. The van der Waals surface area contributed by atoms with Gasteiger partial charge >= 0.3 is 0 Å². The molecular weight excluding hydrogens is 2100 g/mol. The third-order valence-corrected chi connectivity index (χ3v) is 17.9. The van der Waals surface area contributed by atoms with Crippen LogP contribution in [0.3, 0.4) is 0 Å². The van der Waals surface area contributed by atoms with Gasteiger partial charge in [0.15, 0.2) is 0 Å². The van der Waals surface area contributed by atoms with Gasteiger partial charge in [0.2, 0.25) is 0 Å². The van der Waals surface area contributed by atoms with E-state index in [1.165, 1.54) is 66.8 Å². The zero-order chi connectivity index (χ0) is 76.5. The van der Waals surface area contributed by atoms with Gasteiger partial charge < -0.3 is 29.9 Å². The van der Waals surface area contributed by atoms with Gasteiger partial charge in [-0.1, -0.05) is 236 Å². The van der Waals surface area contributed by atoms with Crippen LogP contribution in [0.4, 0.5) is 0 Å². The van der Waals surface area contributed by atoms with Crippen molar-refractivity contribution in [1.82, 2.24) is 29.9 Å². The van der Waals surface area contributed by atoms with Crippen LogP contribution in [0.15, 0.2) is 365 Å². The molecule has 580 valence electrons. The van der Waals surface area contributed by atoms with Gasteiger partial charge in [0.05, 0.1) is 0 Å². The smallest absolute Gasteiger partial charge is 0.0166 e. The summed E-state index contributed by atoms with van der Waals surface area (Å²) in [4.78, 5) is 26.5. The Bertz CT molecular complexity index is 4960. The molecule has 0 atom stereocenters. The molecule has 0 spiro atoms. The third kappa shape index (κ3) is 28.7. The molecule has 0 saturated carbocycles. The van der Waals surface area contributed by atoms with E-state index in [0.717, 1.165) is 80.4 Å². The van der Waals surface area contributed by atoms with E-state index in [1.54, 1.807) is 12.4 Å². The summed E-state index contributed by atoms with van der Waals surface area (Å²) in [7, 11) is 0. The molecule has 0 aliphatic carbocycles. The second-order valence-corrected chi connectivity index (χ2v) is 28.0. The van der Waals surface area contributed by atoms with E-state index in [0.29, 0.717) is 23.7 Å². The average Bonchev–Trinajstić information content (AvgIpc) is 0.843. The minimum Gasteiger partial charge on any atom is -0.305 e. The quantitative estimate of drug-likeness (QED) is 0.0897. The number of hydrogen-bond donors (Lipinski definition) is 0. The van der Waals surface area contributed by atoms with Crippen LogP contribution in [-0.4, -0.2) is 29.9 Å². The summed E-state index contributed by atoms with van der Waals surface area (Å²) < 4.78 is 0. The number of nitrogens with zero attached hydrogens (tertiary/aromatic N) is 6. The standard InChI is InChI=1S/2C21H20N.2C20H18N.2C11H8N.4Ir/c1-16(2)13-17-7-6-10-20(14-17)21-15-19(11-12-22-21)18-8-4-3-5-9-18;1-16(2)13-17-11-12-22-21(14-17)20-10-6-9-19(15-20)18-7-4-3-5-8-18;1-15(2)17-11-12-21-20(14-17)19-10-6-9-18(13-19)16-7-4-3-5-8-16;1-15(2)17-9-6-10-19(13-17)20-14-18(11-12-21-20)16-7-4-3-5-8-16;2*1-2-6-10(7-3-1)11-8-4-5-9-12-11;;;;/h2*3-9,11-12,14-16H,13H2,1-2H3;2*3-9,11-15H,1-2H3;2*1-6,8-9H;;;;/q6*-1;;;;. The number of rotatable bonds is 16. The molecule has 10 heteroatoms. The normalized spacial score (nSPS) is 10.2. The van der Waals surface area contributed by atoms with Crippen LogP contribution in [0.25, 0.3) is 112 Å². The molecule has 0 amide bonds. The van der Waals surface area contributed by atoms with Crippen molar-refractivity contribution in [1.29, 1.82) is 0 Å². The van der Waals surface area contributed by atoms with Crippen LogP contribution in [0.5, 0.6) is 0 Å². The van der Waals surface area contributed by atoms with Crippen LogP contribution >= 0.6 is 0 Å². The first-order valence-electron chi connectivity index (χ1n) is 37.7. The fourth-order valence-corrected chi connectivity index (χ4v) is 12.2. The van der Waals surface area contributed by atoms with E-state index < -0.39 is 0 Å². The number of benzene rings is 10. The molecule has 0 aliphatic heterocycles. The zero-order valence-electron chi connectivity index (χ0n) is 65.4. The molecule has 6 nitrogen and oxygen atoms in total. The second-order valence-electron chi connectivity index (χ2n) is 28.0. The van der Waals surface area contributed by atoms with Crippen molar-refractivity contribution < 1.29 is 80.4 Å². The summed E-state index contributed by atoms with van der Waals surface area (Å²) in [5.41, 5.74) is 27.1. The van der Waals surface area contributed by atoms with Crippen molar-refractivity contribution in [3.8, 4) is 112 Å². The Morgan fingerprint density at radius 1 is 0.211 bits per heavy atom. The van der Waals surface area contributed by atoms with E-state index in [-0.39, 0.29) is 80.4 Å². The van der Waals surface area contributed by atoms with Gasteiger partial charge in [-0.2, -0.15) is 0 Å². The summed E-state index contributed by atoms with van der Waals surface area (Å²) in [6.45, 7) is 17.8. The minimum absolute atomic E-state index is 0. The van der Waals surface area contributed by atoms with Crippen LogP contribution in [0.2, 0.25) is 0 Å². The van der Waals surface area contributed by atoms with E-state index in [1.807, 2.05) is 164 Å². The van der Waals surface area contributed by atoms with Crippen LogP contribution in [-0.2, 0) is 93.3 Å². The summed E-state index contributed by atoms with van der Waals surface area (Å²) in [6.07, 6.45) is 13.3. The summed E-state index contributed by atoms with van der Waals surface area (Å²) in [5.74, 6) is 2.31. The Morgan fingerprint density at radius 3 is 0.921 bits per heavy atom. The molecule has 0 aliphatic rings. The molecule has 0 unspecified atom stereocenters. The fourth-order valence-electron chi connectivity index (χ4n) is 12.2. The molecule has 10 aromatic carbocycles. The van der Waals surface area contributed by atoms with Gasteiger partial charge in [-0.15, -0.1) is 213 Å². The Hall–Kier alpha value is -10.3. The first-order valence-corrected chi connectivity index (χ1v) is 37.7. The SMILES string of the molecule is CC(C)Cc1cc[c-]c(-c2cc(-c3ccccc3)ccn2)c1.CC(C)Cc1ccnc(-c2[c-]ccc(-c3ccccc3)c2)c1.CC(C)c1cc[c-]c(-c2cc(-c3ccccc3)ccn2)c1.CC(C)c1ccnc(-c2[c-]ccc(-c3ccccc3)c2)c1.[Ir].[Ir].[Ir].[Ir].[c-]1ccccc1-c1ccccn1.[c-]1ccccc1-c1ccccn1. The zero-order valence-corrected chi connectivity index (χ0v) is 75.0. The van der Waals surface area contributed by atoms with E-state index >= 15 is 0 Å². The van der Waals surface area contributed by atoms with Gasteiger partial charge in [-0.05, 0) is 140 Å². The van der Waals surface area contributed by atoms with Gasteiger partial charge in [-0.3, -0.25) is 0 Å². The summed E-state index contributed by atoms with van der Waals surface area (Å²) in [5, 5.41) is 0. The predicted molar refractivity (Wildman–Crippen MR) is 458 cm³/mol. The Kier molecular flexibility index (Phi) is 38.8. The molecule has 0 bridgehead atoms. The molecule has 16 aromatic rings. The molecule has 4 radical (unpaired) electrons. The molecule has 16 rings (SSSR count). The number of aromatic nitrogens is 6. The Labute approximate surface area is 731 Å². The van der Waals surface area contributed by atoms with Crippen molar-refractivity contribution in [2.45, 2.75) is 80.1 Å². The van der Waals surface area contributed by atoms with E-state index in [4.69, 9.17) is 0 Å². The van der Waals surface area contributed by atoms with Gasteiger partial charge in [-0.25, -0.2) is 0 Å². The summed E-state index contributed by atoms with van der Waals surface area (Å²) in [6, 6.07) is 130. The average molecular weight is 2190 g/mol. The van der Waals surface area contributed by atoms with Crippen LogP contribution in [0.1, 0.15) is 89.5 Å². The van der Waals surface area contributed by atoms with Gasteiger partial charge in [0.1, 0.15) is 0 Å². The molecule has 114 heavy (non-hydrogen) atoms. The Morgan fingerprint density at radius 2 is 0.526 bits per heavy atom. The van der Waals surface area contributed by atoms with Crippen molar-refractivity contribution >= 4 is 0 Å². The molecule has 0 saturated heterocycles. The van der Waals surface area contributed by atoms with Crippen molar-refractivity contribution in [3.63, 3.8) is 0 Å². The fraction of sp³-hybridized carbons (Fsp3) is 0.135. The van der Waals surface area contributed by atoms with Crippen LogP contribution < -0.4 is 0 Å².